The number of carbonyl (C=O) groups excluding carboxylic acids is 1. The van der Waals surface area contributed by atoms with Gasteiger partial charge in [0.15, 0.2) is 6.17 Å². The average molecular weight is 286 g/mol. The summed E-state index contributed by atoms with van der Waals surface area (Å²) in [5.74, 6) is -0.565. The lowest BCUT2D eigenvalue weighted by Crippen LogP contribution is -2.46. The number of likely N-dealkylation sites (tertiary alicyclic amines) is 1. The molecule has 0 unspecified atom stereocenters. The van der Waals surface area contributed by atoms with Crippen LogP contribution in [-0.2, 0) is 4.79 Å². The van der Waals surface area contributed by atoms with Gasteiger partial charge in [-0.15, -0.1) is 0 Å². The van der Waals surface area contributed by atoms with Gasteiger partial charge in [-0.05, 0) is 0 Å². The molecule has 1 fully saturated rings. The smallest absolute Gasteiger partial charge is 0.346 e. The van der Waals surface area contributed by atoms with Gasteiger partial charge in [-0.25, -0.2) is 4.79 Å². The van der Waals surface area contributed by atoms with E-state index in [2.05, 4.69) is 5.10 Å². The first-order chi connectivity index (χ1) is 9.38. The van der Waals surface area contributed by atoms with Gasteiger partial charge in [0, 0.05) is 6.92 Å². The van der Waals surface area contributed by atoms with E-state index in [1.807, 2.05) is 4.98 Å². The Morgan fingerprint density at radius 1 is 1.40 bits per heavy atom. The van der Waals surface area contributed by atoms with E-state index in [0.717, 1.165) is 18.0 Å². The third-order valence-corrected chi connectivity index (χ3v) is 3.23. The molecule has 0 bridgehead atoms. The van der Waals surface area contributed by atoms with Gasteiger partial charge in [0.2, 0.25) is 5.91 Å². The maximum atomic E-state index is 11.7. The number of H-pyrrole nitrogens is 1. The summed E-state index contributed by atoms with van der Waals surface area (Å²) in [6.07, 6.45) is -3.45. The summed E-state index contributed by atoms with van der Waals surface area (Å²) in [6.45, 7) is 0.573. The maximum Gasteiger partial charge on any atom is 0.346 e. The number of aromatic nitrogens is 3. The number of carbonyl (C=O) groups is 1. The van der Waals surface area contributed by atoms with E-state index in [9.17, 15) is 29.7 Å². The molecular formula is C10H14N4O6. The molecule has 4 atom stereocenters. The highest BCUT2D eigenvalue weighted by atomic mass is 16.3. The Morgan fingerprint density at radius 3 is 2.55 bits per heavy atom. The van der Waals surface area contributed by atoms with Gasteiger partial charge < -0.3 is 20.2 Å². The number of nitrogens with zero attached hydrogens (tertiary/aromatic N) is 3. The fraction of sp³-hybridized carbons (Fsp3) is 0.600. The van der Waals surface area contributed by atoms with Gasteiger partial charge in [-0.3, -0.25) is 14.6 Å². The molecule has 0 aromatic carbocycles. The molecule has 20 heavy (non-hydrogen) atoms. The van der Waals surface area contributed by atoms with E-state index >= 15 is 0 Å². The van der Waals surface area contributed by atoms with Crippen LogP contribution >= 0.6 is 0 Å². The van der Waals surface area contributed by atoms with E-state index in [4.69, 9.17) is 0 Å². The summed E-state index contributed by atoms with van der Waals surface area (Å²) in [4.78, 5) is 37.2. The number of hydrogen-bond donors (Lipinski definition) is 4. The van der Waals surface area contributed by atoms with Crippen molar-refractivity contribution in [2.75, 3.05) is 6.61 Å². The van der Waals surface area contributed by atoms with Crippen LogP contribution in [-0.4, -0.2) is 65.7 Å². The number of aliphatic hydroxyl groups excluding tert-OH is 3. The van der Waals surface area contributed by atoms with Gasteiger partial charge in [0.25, 0.3) is 5.56 Å². The van der Waals surface area contributed by atoms with Crippen LogP contribution in [0.1, 0.15) is 13.1 Å². The van der Waals surface area contributed by atoms with Crippen molar-refractivity contribution in [2.45, 2.75) is 31.3 Å². The normalized spacial score (nSPS) is 29.7. The van der Waals surface area contributed by atoms with Crippen LogP contribution in [0.25, 0.3) is 0 Å². The Bertz CT molecular complexity index is 625. The van der Waals surface area contributed by atoms with Crippen LogP contribution in [0.5, 0.6) is 0 Å². The Kier molecular flexibility index (Phi) is 3.70. The first-order valence-electron chi connectivity index (χ1n) is 5.82. The second-order valence-electron chi connectivity index (χ2n) is 4.45. The number of nitrogens with one attached hydrogen (secondary N) is 1. The minimum atomic E-state index is -1.52. The fourth-order valence-corrected chi connectivity index (χ4v) is 2.36. The highest BCUT2D eigenvalue weighted by Crippen LogP contribution is 2.31. The Morgan fingerprint density at radius 2 is 2.05 bits per heavy atom. The number of hydrogen-bond acceptors (Lipinski definition) is 7. The molecule has 4 N–H and O–H groups in total. The molecule has 0 saturated carbocycles. The minimum absolute atomic E-state index is 0.565. The monoisotopic (exact) mass is 286 g/mol. The summed E-state index contributed by atoms with van der Waals surface area (Å²) in [7, 11) is 0. The lowest BCUT2D eigenvalue weighted by molar-refractivity contribution is -0.136. The van der Waals surface area contributed by atoms with Crippen molar-refractivity contribution in [3.8, 4) is 0 Å². The van der Waals surface area contributed by atoms with Crippen LogP contribution in [0.15, 0.2) is 15.8 Å². The van der Waals surface area contributed by atoms with Gasteiger partial charge in [-0.2, -0.15) is 9.78 Å². The summed E-state index contributed by atoms with van der Waals surface area (Å²) in [5.41, 5.74) is -1.66. The highest BCUT2D eigenvalue weighted by Gasteiger charge is 2.50. The fourth-order valence-electron chi connectivity index (χ4n) is 2.36. The second-order valence-corrected chi connectivity index (χ2v) is 4.45. The topological polar surface area (TPSA) is 149 Å². The van der Waals surface area contributed by atoms with E-state index < -0.39 is 48.2 Å². The quantitative estimate of drug-likeness (QED) is 0.438. The summed E-state index contributed by atoms with van der Waals surface area (Å²) >= 11 is 0. The molecular weight excluding hydrogens is 272 g/mol. The molecule has 10 nitrogen and oxygen atoms in total. The lowest BCUT2D eigenvalue weighted by atomic mass is 10.1. The van der Waals surface area contributed by atoms with E-state index in [1.54, 1.807) is 0 Å². The van der Waals surface area contributed by atoms with Gasteiger partial charge in [-0.1, -0.05) is 0 Å². The first kappa shape index (κ1) is 14.4. The van der Waals surface area contributed by atoms with Crippen LogP contribution in [0.3, 0.4) is 0 Å². The van der Waals surface area contributed by atoms with E-state index in [0.29, 0.717) is 4.68 Å². The van der Waals surface area contributed by atoms with Crippen LogP contribution in [0.4, 0.5) is 0 Å². The standard InChI is InChI=1S/C10H14N4O6/c1-4(16)13-5(3-15)7(18)8(19)9(13)14-10(20)12-6(17)2-11-14/h2,5,7-9,15,18-19H,3H2,1H3,(H,12,17,20)/t5-,7-,8-,9+/m0/s1. The molecule has 2 heterocycles. The molecule has 0 radical (unpaired) electrons. The zero-order chi connectivity index (χ0) is 15.0. The molecule has 0 spiro atoms. The van der Waals surface area contributed by atoms with Gasteiger partial charge in [0.1, 0.15) is 18.4 Å². The molecule has 0 aliphatic carbocycles. The molecule has 110 valence electrons. The Labute approximate surface area is 111 Å². The summed E-state index contributed by atoms with van der Waals surface area (Å²) in [5, 5.41) is 32.6. The van der Waals surface area contributed by atoms with Crippen molar-refractivity contribution in [1.82, 2.24) is 19.7 Å². The predicted octanol–water partition coefficient (Wildman–Crippen LogP) is -3.62. The maximum absolute atomic E-state index is 11.7. The van der Waals surface area contributed by atoms with Gasteiger partial charge >= 0.3 is 5.69 Å². The summed E-state index contributed by atoms with van der Waals surface area (Å²) < 4.78 is 0.687. The second kappa shape index (κ2) is 5.15. The number of aromatic amines is 1. The molecule has 1 aliphatic rings. The van der Waals surface area contributed by atoms with Crippen LogP contribution in [0, 0.1) is 0 Å². The SMILES string of the molecule is CC(=O)N1[C@H](n2ncc(=O)[nH]c2=O)[C@@H](O)[C@@H](O)[C@@H]1CO. The lowest BCUT2D eigenvalue weighted by Gasteiger charge is -2.28. The summed E-state index contributed by atoms with van der Waals surface area (Å²) in [6, 6.07) is -1.06. The third kappa shape index (κ3) is 2.13. The van der Waals surface area contributed by atoms with Crippen LogP contribution < -0.4 is 11.2 Å². The van der Waals surface area contributed by atoms with Crippen molar-refractivity contribution < 1.29 is 20.1 Å². The zero-order valence-electron chi connectivity index (χ0n) is 10.5. The van der Waals surface area contributed by atoms with Crippen molar-refractivity contribution in [3.05, 3.63) is 27.0 Å². The third-order valence-electron chi connectivity index (χ3n) is 3.23. The van der Waals surface area contributed by atoms with E-state index in [-0.39, 0.29) is 0 Å². The van der Waals surface area contributed by atoms with Crippen molar-refractivity contribution in [2.24, 2.45) is 0 Å². The van der Waals surface area contributed by atoms with Crippen molar-refractivity contribution in [1.29, 1.82) is 0 Å². The minimum Gasteiger partial charge on any atom is -0.394 e. The Hall–Kier alpha value is -2.04. The predicted molar refractivity (Wildman–Crippen MR) is 63.6 cm³/mol. The molecule has 1 amide bonds. The zero-order valence-corrected chi connectivity index (χ0v) is 10.5. The van der Waals surface area contributed by atoms with Crippen molar-refractivity contribution in [3.63, 3.8) is 0 Å². The number of rotatable bonds is 2. The van der Waals surface area contributed by atoms with Crippen molar-refractivity contribution >= 4 is 5.91 Å². The molecule has 1 saturated heterocycles. The highest BCUT2D eigenvalue weighted by molar-refractivity contribution is 5.74. The largest absolute Gasteiger partial charge is 0.394 e. The van der Waals surface area contributed by atoms with E-state index in [1.165, 1.54) is 0 Å². The first-order valence-corrected chi connectivity index (χ1v) is 5.82. The molecule has 10 heteroatoms. The average Bonchev–Trinajstić information content (AvgIpc) is 2.63. The molecule has 1 aromatic rings. The number of aliphatic hydroxyl groups is 3. The molecule has 1 aromatic heterocycles. The number of amides is 1. The molecule has 1 aliphatic heterocycles. The van der Waals surface area contributed by atoms with Crippen LogP contribution in [0.2, 0.25) is 0 Å². The van der Waals surface area contributed by atoms with Gasteiger partial charge in [0.05, 0.1) is 12.6 Å². The Balaban J connectivity index is 2.55. The molecule has 2 rings (SSSR count).